The molecule has 0 aromatic heterocycles. The van der Waals surface area contributed by atoms with Gasteiger partial charge in [-0.15, -0.1) is 0 Å². The zero-order valence-electron chi connectivity index (χ0n) is 8.22. The molecule has 5 heteroatoms. The number of rotatable bonds is 3. The van der Waals surface area contributed by atoms with Gasteiger partial charge in [-0.1, -0.05) is 0 Å². The first-order valence-electron chi connectivity index (χ1n) is 4.94. The molecule has 0 heterocycles. The van der Waals surface area contributed by atoms with Crippen LogP contribution in [0.15, 0.2) is 0 Å². The molecule has 0 spiro atoms. The number of carbonyl (C=O) groups excluding carboxylic acids is 1. The van der Waals surface area contributed by atoms with Crippen LogP contribution in [0, 0.1) is 11.3 Å². The fraction of sp³-hybridized carbons (Fsp3) is 0.778. The van der Waals surface area contributed by atoms with Gasteiger partial charge in [-0.3, -0.25) is 10.8 Å². The molecule has 0 amide bonds. The zero-order valence-corrected chi connectivity index (χ0v) is 8.22. The van der Waals surface area contributed by atoms with Crippen molar-refractivity contribution >= 4 is 11.8 Å². The van der Waals surface area contributed by atoms with Crippen LogP contribution in [0.25, 0.3) is 0 Å². The molecule has 3 saturated carbocycles. The molecule has 2 bridgehead atoms. The van der Waals surface area contributed by atoms with Gasteiger partial charge < -0.3 is 4.74 Å². The average molecular weight is 197 g/mol. The van der Waals surface area contributed by atoms with E-state index in [0.717, 1.165) is 25.2 Å². The molecule has 5 nitrogen and oxygen atoms in total. The van der Waals surface area contributed by atoms with E-state index in [1.54, 1.807) is 6.92 Å². The Bertz CT molecular complexity index is 260. The fourth-order valence-corrected chi connectivity index (χ4v) is 2.08. The summed E-state index contributed by atoms with van der Waals surface area (Å²) in [6, 6.07) is 0. The van der Waals surface area contributed by atoms with Gasteiger partial charge in [0.25, 0.3) is 0 Å². The molecular formula is C9H15N3O2. The molecule has 3 aliphatic carbocycles. The van der Waals surface area contributed by atoms with Crippen LogP contribution in [-0.2, 0) is 9.53 Å². The minimum atomic E-state index is -0.605. The maximum Gasteiger partial charge on any atom is 0.374 e. The highest BCUT2D eigenvalue weighted by Crippen LogP contribution is 2.56. The topological polar surface area (TPSA) is 74.2 Å². The van der Waals surface area contributed by atoms with Crippen molar-refractivity contribution < 1.29 is 9.53 Å². The van der Waals surface area contributed by atoms with Crippen molar-refractivity contribution in [3.63, 3.8) is 0 Å². The fourth-order valence-electron chi connectivity index (χ4n) is 2.08. The van der Waals surface area contributed by atoms with Crippen LogP contribution in [0.2, 0.25) is 0 Å². The van der Waals surface area contributed by atoms with Gasteiger partial charge in [0.2, 0.25) is 5.84 Å². The van der Waals surface area contributed by atoms with Gasteiger partial charge in [0.15, 0.2) is 0 Å². The van der Waals surface area contributed by atoms with E-state index < -0.39 is 5.97 Å². The van der Waals surface area contributed by atoms with E-state index in [9.17, 15) is 4.79 Å². The van der Waals surface area contributed by atoms with E-state index in [2.05, 4.69) is 15.6 Å². The van der Waals surface area contributed by atoms with Gasteiger partial charge in [0.05, 0.1) is 6.61 Å². The molecule has 14 heavy (non-hydrogen) atoms. The standard InChI is InChI=1S/C9H15N3O2/c1-2-14-8(13)7(10)11-12-9-3-6(4-9)5-9/h6,12H,2-5H2,1H3,(H2,10,11). The van der Waals surface area contributed by atoms with E-state index in [0.29, 0.717) is 6.61 Å². The number of nitrogens with one attached hydrogen (secondary N) is 3. The molecule has 0 aromatic carbocycles. The lowest BCUT2D eigenvalue weighted by atomic mass is 9.50. The Morgan fingerprint density at radius 1 is 1.57 bits per heavy atom. The third-order valence-electron chi connectivity index (χ3n) is 2.97. The Morgan fingerprint density at radius 2 is 2.21 bits per heavy atom. The van der Waals surface area contributed by atoms with Crippen LogP contribution in [0.4, 0.5) is 0 Å². The van der Waals surface area contributed by atoms with E-state index in [4.69, 9.17) is 5.41 Å². The molecule has 0 atom stereocenters. The van der Waals surface area contributed by atoms with E-state index in [1.165, 1.54) is 0 Å². The van der Waals surface area contributed by atoms with Gasteiger partial charge in [-0.05, 0) is 32.1 Å². The molecular weight excluding hydrogens is 182 g/mol. The predicted octanol–water partition coefficient (Wildman–Crippen LogP) is 0.173. The van der Waals surface area contributed by atoms with Crippen LogP contribution >= 0.6 is 0 Å². The van der Waals surface area contributed by atoms with Crippen LogP contribution in [0.3, 0.4) is 0 Å². The second-order valence-electron chi connectivity index (χ2n) is 4.10. The van der Waals surface area contributed by atoms with E-state index >= 15 is 0 Å². The quantitative estimate of drug-likeness (QED) is 0.261. The Morgan fingerprint density at radius 3 is 2.64 bits per heavy atom. The first kappa shape index (κ1) is 9.45. The van der Waals surface area contributed by atoms with E-state index in [-0.39, 0.29) is 11.4 Å². The molecule has 3 aliphatic rings. The second kappa shape index (κ2) is 3.24. The smallest absolute Gasteiger partial charge is 0.374 e. The average Bonchev–Trinajstić information content (AvgIpc) is 1.99. The van der Waals surface area contributed by atoms with Crippen LogP contribution in [0.5, 0.6) is 0 Å². The van der Waals surface area contributed by atoms with Crippen molar-refractivity contribution in [3.05, 3.63) is 0 Å². The summed E-state index contributed by atoms with van der Waals surface area (Å²) in [6.07, 6.45) is 3.49. The Kier molecular flexibility index (Phi) is 2.19. The molecule has 0 unspecified atom stereocenters. The lowest BCUT2D eigenvalue weighted by Crippen LogP contribution is -2.70. The Labute approximate surface area is 82.7 Å². The summed E-state index contributed by atoms with van der Waals surface area (Å²) < 4.78 is 4.67. The SMILES string of the molecule is CCOC(=O)C(=N)NNC12CC(C1)C2. The molecule has 3 fully saturated rings. The van der Waals surface area contributed by atoms with Gasteiger partial charge >= 0.3 is 5.97 Å². The first-order chi connectivity index (χ1) is 6.65. The van der Waals surface area contributed by atoms with Crippen molar-refractivity contribution in [2.75, 3.05) is 6.61 Å². The summed E-state index contributed by atoms with van der Waals surface area (Å²) >= 11 is 0. The van der Waals surface area contributed by atoms with Gasteiger partial charge in [-0.2, -0.15) is 0 Å². The zero-order chi connectivity index (χ0) is 10.2. The number of hydrogen-bond acceptors (Lipinski definition) is 4. The molecule has 3 rings (SSSR count). The van der Waals surface area contributed by atoms with Crippen LogP contribution in [0.1, 0.15) is 26.2 Å². The number of hydrazine groups is 1. The maximum absolute atomic E-state index is 11.0. The first-order valence-corrected chi connectivity index (χ1v) is 4.94. The van der Waals surface area contributed by atoms with Crippen molar-refractivity contribution in [1.29, 1.82) is 5.41 Å². The minimum Gasteiger partial charge on any atom is -0.460 e. The highest BCUT2D eigenvalue weighted by atomic mass is 16.5. The molecule has 0 aromatic rings. The van der Waals surface area contributed by atoms with Crippen LogP contribution < -0.4 is 10.9 Å². The lowest BCUT2D eigenvalue weighted by molar-refractivity contribution is -0.135. The van der Waals surface area contributed by atoms with Gasteiger partial charge in [0.1, 0.15) is 0 Å². The van der Waals surface area contributed by atoms with E-state index in [1.807, 2.05) is 0 Å². The Balaban J connectivity index is 1.69. The number of esters is 1. The normalized spacial score (nSPS) is 32.5. The summed E-state index contributed by atoms with van der Waals surface area (Å²) in [6.45, 7) is 2.02. The summed E-state index contributed by atoms with van der Waals surface area (Å²) in [5.41, 5.74) is 5.80. The summed E-state index contributed by atoms with van der Waals surface area (Å²) in [5.74, 6) is 0.0595. The lowest BCUT2D eigenvalue weighted by Gasteiger charge is -2.61. The largest absolute Gasteiger partial charge is 0.460 e. The molecule has 78 valence electrons. The number of amidine groups is 1. The highest BCUT2D eigenvalue weighted by molar-refractivity contribution is 6.33. The van der Waals surface area contributed by atoms with Crippen molar-refractivity contribution in [2.45, 2.75) is 31.7 Å². The minimum absolute atomic E-state index is 0.170. The predicted molar refractivity (Wildman–Crippen MR) is 50.7 cm³/mol. The monoisotopic (exact) mass is 197 g/mol. The third kappa shape index (κ3) is 1.48. The van der Waals surface area contributed by atoms with Crippen molar-refractivity contribution in [1.82, 2.24) is 10.9 Å². The Hall–Kier alpha value is -1.10. The summed E-state index contributed by atoms with van der Waals surface area (Å²) in [4.78, 5) is 11.0. The maximum atomic E-state index is 11.0. The molecule has 0 saturated heterocycles. The van der Waals surface area contributed by atoms with Crippen molar-refractivity contribution in [3.8, 4) is 0 Å². The third-order valence-corrected chi connectivity index (χ3v) is 2.97. The molecule has 0 aliphatic heterocycles. The second-order valence-corrected chi connectivity index (χ2v) is 4.10. The molecule has 0 radical (unpaired) electrons. The highest BCUT2D eigenvalue weighted by Gasteiger charge is 2.56. The summed E-state index contributed by atoms with van der Waals surface area (Å²) in [7, 11) is 0. The van der Waals surface area contributed by atoms with Crippen LogP contribution in [-0.4, -0.2) is 24.0 Å². The number of carbonyl (C=O) groups is 1. The van der Waals surface area contributed by atoms with Gasteiger partial charge in [0, 0.05) is 5.54 Å². The number of hydrogen-bond donors (Lipinski definition) is 3. The molecule has 3 N–H and O–H groups in total. The van der Waals surface area contributed by atoms with Crippen molar-refractivity contribution in [2.24, 2.45) is 5.92 Å². The number of ether oxygens (including phenoxy) is 1. The summed E-state index contributed by atoms with van der Waals surface area (Å²) in [5, 5.41) is 7.35. The van der Waals surface area contributed by atoms with Gasteiger partial charge in [-0.25, -0.2) is 10.2 Å².